The number of rotatable bonds is 8. The highest BCUT2D eigenvalue weighted by atomic mass is 31.2. The molecule has 1 atom stereocenters. The summed E-state index contributed by atoms with van der Waals surface area (Å²) in [5.74, 6) is -3.22. The van der Waals surface area contributed by atoms with Gasteiger partial charge in [0.2, 0.25) is 0 Å². The van der Waals surface area contributed by atoms with E-state index in [9.17, 15) is 14.2 Å². The quantitative estimate of drug-likeness (QED) is 0.329. The first-order chi connectivity index (χ1) is 7.76. The molecule has 0 radical (unpaired) electrons. The van der Waals surface area contributed by atoms with E-state index in [1.165, 1.54) is 6.08 Å². The second kappa shape index (κ2) is 7.21. The van der Waals surface area contributed by atoms with Gasteiger partial charge in [0.1, 0.15) is 6.61 Å². The van der Waals surface area contributed by atoms with Crippen molar-refractivity contribution >= 4 is 19.5 Å². The topological polar surface area (TPSA) is 121 Å². The maximum absolute atomic E-state index is 11.0. The molecular weight excluding hydrogens is 251 g/mol. The van der Waals surface area contributed by atoms with E-state index in [1.54, 1.807) is 0 Å². The van der Waals surface area contributed by atoms with Crippen molar-refractivity contribution in [2.24, 2.45) is 5.92 Å². The molecule has 1 unspecified atom stereocenters. The van der Waals surface area contributed by atoms with Gasteiger partial charge in [-0.25, -0.2) is 0 Å². The van der Waals surface area contributed by atoms with Crippen LogP contribution in [-0.4, -0.2) is 39.6 Å². The number of carbonyl (C=O) groups is 2. The van der Waals surface area contributed by atoms with E-state index in [2.05, 4.69) is 11.3 Å². The summed E-state index contributed by atoms with van der Waals surface area (Å²) >= 11 is 0. The Balaban J connectivity index is 4.19. The molecule has 0 aliphatic rings. The zero-order valence-electron chi connectivity index (χ0n) is 9.11. The van der Waals surface area contributed by atoms with Crippen LogP contribution in [0, 0.1) is 5.92 Å². The van der Waals surface area contributed by atoms with Crippen molar-refractivity contribution in [2.75, 3.05) is 12.8 Å². The van der Waals surface area contributed by atoms with Gasteiger partial charge in [0.05, 0.1) is 12.1 Å². The number of aliphatic carboxylic acids is 1. The van der Waals surface area contributed by atoms with E-state index in [-0.39, 0.29) is 19.4 Å². The largest absolute Gasteiger partial charge is 0.481 e. The molecule has 0 saturated heterocycles. The molecule has 0 aromatic heterocycles. The van der Waals surface area contributed by atoms with Gasteiger partial charge in [-0.1, -0.05) is 12.7 Å². The van der Waals surface area contributed by atoms with E-state index in [4.69, 9.17) is 14.9 Å². The maximum atomic E-state index is 11.0. The Labute approximate surface area is 98.3 Å². The van der Waals surface area contributed by atoms with Gasteiger partial charge in [0, 0.05) is 6.42 Å². The molecule has 0 saturated carbocycles. The minimum Gasteiger partial charge on any atom is -0.481 e. The molecule has 3 N–H and O–H groups in total. The van der Waals surface area contributed by atoms with Crippen LogP contribution in [0.15, 0.2) is 12.7 Å². The van der Waals surface area contributed by atoms with E-state index < -0.39 is 31.6 Å². The Morgan fingerprint density at radius 1 is 1.41 bits per heavy atom. The van der Waals surface area contributed by atoms with Crippen LogP contribution < -0.4 is 0 Å². The van der Waals surface area contributed by atoms with Crippen LogP contribution in [0.3, 0.4) is 0 Å². The van der Waals surface area contributed by atoms with Gasteiger partial charge >= 0.3 is 19.5 Å². The molecule has 0 bridgehead atoms. The van der Waals surface area contributed by atoms with Crippen LogP contribution in [0.4, 0.5) is 0 Å². The van der Waals surface area contributed by atoms with Gasteiger partial charge in [-0.15, -0.1) is 0 Å². The highest BCUT2D eigenvalue weighted by Crippen LogP contribution is 2.38. The molecule has 98 valence electrons. The van der Waals surface area contributed by atoms with Crippen LogP contribution >= 0.6 is 7.60 Å². The molecule has 0 aromatic rings. The van der Waals surface area contributed by atoms with Crippen LogP contribution in [0.5, 0.6) is 0 Å². The van der Waals surface area contributed by atoms with Crippen molar-refractivity contribution in [1.29, 1.82) is 0 Å². The third-order valence-electron chi connectivity index (χ3n) is 1.87. The average molecular weight is 266 g/mol. The second-order valence-electron chi connectivity index (χ2n) is 3.39. The summed E-state index contributed by atoms with van der Waals surface area (Å²) in [6, 6.07) is 0. The first-order valence-corrected chi connectivity index (χ1v) is 6.60. The third-order valence-corrected chi connectivity index (χ3v) is 2.78. The van der Waals surface area contributed by atoms with Gasteiger partial charge in [-0.05, 0) is 6.42 Å². The van der Waals surface area contributed by atoms with Crippen LogP contribution in [0.2, 0.25) is 0 Å². The van der Waals surface area contributed by atoms with Crippen LogP contribution in [-0.2, 0) is 18.9 Å². The Hall–Kier alpha value is -1.17. The summed E-state index contributed by atoms with van der Waals surface area (Å²) in [6.45, 7) is 3.35. The standard InChI is InChI=1S/C9H15O7P/c1-2-5-16-8(10)4-3-7(9(11)12)6-17(13,14)15/h2,7H,1,3-6H2,(H,11,12)(H2,13,14,15). The summed E-state index contributed by atoms with van der Waals surface area (Å²) in [6.07, 6.45) is 0.209. The maximum Gasteiger partial charge on any atom is 0.326 e. The van der Waals surface area contributed by atoms with Crippen molar-refractivity contribution in [2.45, 2.75) is 12.8 Å². The minimum absolute atomic E-state index is 0.0229. The SMILES string of the molecule is C=CCOC(=O)CCC(CP(=O)(O)O)C(=O)O. The summed E-state index contributed by atoms with van der Waals surface area (Å²) in [4.78, 5) is 39.1. The minimum atomic E-state index is -4.41. The van der Waals surface area contributed by atoms with E-state index in [0.717, 1.165) is 0 Å². The number of hydrogen-bond donors (Lipinski definition) is 3. The summed E-state index contributed by atoms with van der Waals surface area (Å²) in [7, 11) is -4.41. The van der Waals surface area contributed by atoms with Crippen molar-refractivity contribution in [3.63, 3.8) is 0 Å². The highest BCUT2D eigenvalue weighted by Gasteiger charge is 2.27. The van der Waals surface area contributed by atoms with Gasteiger partial charge in [0.25, 0.3) is 0 Å². The fourth-order valence-corrected chi connectivity index (χ4v) is 2.01. The van der Waals surface area contributed by atoms with Crippen molar-refractivity contribution < 1.29 is 33.8 Å². The smallest absolute Gasteiger partial charge is 0.326 e. The molecule has 0 spiro atoms. The van der Waals surface area contributed by atoms with Crippen molar-refractivity contribution in [3.05, 3.63) is 12.7 Å². The molecule has 0 amide bonds. The molecular formula is C9H15O7P. The first kappa shape index (κ1) is 15.8. The number of carbonyl (C=O) groups excluding carboxylic acids is 1. The zero-order valence-corrected chi connectivity index (χ0v) is 10.0. The average Bonchev–Trinajstić information content (AvgIpc) is 2.19. The molecule has 0 aliphatic carbocycles. The number of carboxylic acid groups (broad SMARTS) is 1. The molecule has 8 heteroatoms. The van der Waals surface area contributed by atoms with Crippen LogP contribution in [0.1, 0.15) is 12.8 Å². The molecule has 0 rings (SSSR count). The van der Waals surface area contributed by atoms with E-state index in [1.807, 2.05) is 0 Å². The summed E-state index contributed by atoms with van der Waals surface area (Å²) in [5.41, 5.74) is 0. The zero-order chi connectivity index (χ0) is 13.5. The predicted molar refractivity (Wildman–Crippen MR) is 58.4 cm³/mol. The lowest BCUT2D eigenvalue weighted by molar-refractivity contribution is -0.144. The van der Waals surface area contributed by atoms with Gasteiger partial charge in [-0.2, -0.15) is 0 Å². The fourth-order valence-electron chi connectivity index (χ4n) is 1.10. The van der Waals surface area contributed by atoms with E-state index in [0.29, 0.717) is 0 Å². The number of esters is 1. The van der Waals surface area contributed by atoms with Gasteiger partial charge in [0.15, 0.2) is 0 Å². The predicted octanol–water partition coefficient (Wildman–Crippen LogP) is 0.374. The number of ether oxygens (including phenoxy) is 1. The fraction of sp³-hybridized carbons (Fsp3) is 0.556. The molecule has 0 fully saturated rings. The lowest BCUT2D eigenvalue weighted by Crippen LogP contribution is -2.20. The number of hydrogen-bond acceptors (Lipinski definition) is 4. The molecule has 0 heterocycles. The number of carboxylic acids is 1. The highest BCUT2D eigenvalue weighted by molar-refractivity contribution is 7.51. The molecule has 0 aromatic carbocycles. The Bertz CT molecular complexity index is 332. The van der Waals surface area contributed by atoms with Crippen LogP contribution in [0.25, 0.3) is 0 Å². The normalized spacial score (nSPS) is 12.8. The summed E-state index contributed by atoms with van der Waals surface area (Å²) in [5, 5.41) is 8.71. The Kier molecular flexibility index (Phi) is 6.72. The molecule has 7 nitrogen and oxygen atoms in total. The lowest BCUT2D eigenvalue weighted by atomic mass is 10.1. The van der Waals surface area contributed by atoms with E-state index >= 15 is 0 Å². The summed E-state index contributed by atoms with van der Waals surface area (Å²) < 4.78 is 15.3. The van der Waals surface area contributed by atoms with Gasteiger partial charge in [-0.3, -0.25) is 14.2 Å². The van der Waals surface area contributed by atoms with Gasteiger partial charge < -0.3 is 19.6 Å². The van der Waals surface area contributed by atoms with Crippen molar-refractivity contribution in [1.82, 2.24) is 0 Å². The Morgan fingerprint density at radius 2 is 2.00 bits per heavy atom. The molecule has 0 aliphatic heterocycles. The monoisotopic (exact) mass is 266 g/mol. The van der Waals surface area contributed by atoms with Crippen molar-refractivity contribution in [3.8, 4) is 0 Å². The third kappa shape index (κ3) is 8.62. The molecule has 17 heavy (non-hydrogen) atoms. The lowest BCUT2D eigenvalue weighted by Gasteiger charge is -2.12. The second-order valence-corrected chi connectivity index (χ2v) is 5.09. The Morgan fingerprint density at radius 3 is 2.41 bits per heavy atom. The first-order valence-electron chi connectivity index (χ1n) is 4.80.